The predicted molar refractivity (Wildman–Crippen MR) is 96.7 cm³/mol. The molecule has 0 spiro atoms. The molecule has 0 N–H and O–H groups in total. The summed E-state index contributed by atoms with van der Waals surface area (Å²) in [5.74, 6) is 5.31. The second-order valence-corrected chi connectivity index (χ2v) is 9.14. The standard InChI is InChI=1S/C20H24N2O2S/c1-23-17-4-2-3-13(8-17)12-25-19-22-21-18(24-19)20-9-14-5-15(10-20)7-16(6-14)11-20/h2-4,8,14-16H,5-7,9-12H2,1H3. The van der Waals surface area contributed by atoms with Gasteiger partial charge in [0, 0.05) is 11.2 Å². The minimum Gasteiger partial charge on any atom is -0.497 e. The molecule has 6 rings (SSSR count). The lowest BCUT2D eigenvalue weighted by Crippen LogP contribution is -2.48. The number of hydrogen-bond donors (Lipinski definition) is 0. The van der Waals surface area contributed by atoms with E-state index in [1.165, 1.54) is 44.1 Å². The van der Waals surface area contributed by atoms with Crippen LogP contribution in [0.25, 0.3) is 0 Å². The smallest absolute Gasteiger partial charge is 0.276 e. The summed E-state index contributed by atoms with van der Waals surface area (Å²) in [4.78, 5) is 0. The van der Waals surface area contributed by atoms with E-state index >= 15 is 0 Å². The summed E-state index contributed by atoms with van der Waals surface area (Å²) in [5, 5.41) is 9.54. The lowest BCUT2D eigenvalue weighted by molar-refractivity contribution is -0.0191. The normalized spacial score (nSPS) is 32.9. The van der Waals surface area contributed by atoms with Gasteiger partial charge in [-0.2, -0.15) is 0 Å². The number of rotatable bonds is 5. The Bertz CT molecular complexity index is 737. The SMILES string of the molecule is COc1cccc(CSc2nnc(C34CC5CC(CC(C5)C3)C4)o2)c1. The molecule has 1 aromatic heterocycles. The van der Waals surface area contributed by atoms with E-state index in [2.05, 4.69) is 22.3 Å². The van der Waals surface area contributed by atoms with Crippen molar-refractivity contribution in [2.75, 3.05) is 7.11 Å². The summed E-state index contributed by atoms with van der Waals surface area (Å²) < 4.78 is 11.4. The molecule has 4 saturated carbocycles. The first-order valence-electron chi connectivity index (χ1n) is 9.32. The lowest BCUT2D eigenvalue weighted by atomic mass is 9.49. The molecule has 0 radical (unpaired) electrons. The molecule has 132 valence electrons. The average molecular weight is 356 g/mol. The van der Waals surface area contributed by atoms with Crippen LogP contribution >= 0.6 is 11.8 Å². The van der Waals surface area contributed by atoms with Gasteiger partial charge in [-0.1, -0.05) is 23.9 Å². The fraction of sp³-hybridized carbons (Fsp3) is 0.600. The topological polar surface area (TPSA) is 48.2 Å². The maximum Gasteiger partial charge on any atom is 0.276 e. The number of methoxy groups -OCH3 is 1. The Morgan fingerprint density at radius 2 is 1.84 bits per heavy atom. The third-order valence-corrected chi connectivity index (χ3v) is 7.28. The van der Waals surface area contributed by atoms with Crippen LogP contribution in [0.5, 0.6) is 5.75 Å². The van der Waals surface area contributed by atoms with Crippen molar-refractivity contribution in [1.82, 2.24) is 10.2 Å². The van der Waals surface area contributed by atoms with Gasteiger partial charge in [0.05, 0.1) is 7.11 Å². The van der Waals surface area contributed by atoms with E-state index in [0.717, 1.165) is 35.1 Å². The van der Waals surface area contributed by atoms with Gasteiger partial charge in [0.1, 0.15) is 5.75 Å². The summed E-state index contributed by atoms with van der Waals surface area (Å²) in [5.41, 5.74) is 1.40. The molecule has 1 aromatic carbocycles. The number of nitrogens with zero attached hydrogens (tertiary/aromatic N) is 2. The lowest BCUT2D eigenvalue weighted by Gasteiger charge is -2.55. The molecule has 0 saturated heterocycles. The molecule has 4 bridgehead atoms. The summed E-state index contributed by atoms with van der Waals surface area (Å²) in [6, 6.07) is 8.14. The van der Waals surface area contributed by atoms with E-state index in [-0.39, 0.29) is 5.41 Å². The fourth-order valence-corrected chi connectivity index (χ4v) is 6.47. The molecule has 5 heteroatoms. The van der Waals surface area contributed by atoms with E-state index in [4.69, 9.17) is 9.15 Å². The molecule has 4 fully saturated rings. The van der Waals surface area contributed by atoms with Crippen LogP contribution in [-0.2, 0) is 11.2 Å². The van der Waals surface area contributed by atoms with Crippen molar-refractivity contribution in [2.24, 2.45) is 17.8 Å². The van der Waals surface area contributed by atoms with Gasteiger partial charge in [-0.15, -0.1) is 10.2 Å². The zero-order valence-corrected chi connectivity index (χ0v) is 15.4. The fourth-order valence-electron chi connectivity index (χ4n) is 5.76. The van der Waals surface area contributed by atoms with Crippen molar-refractivity contribution in [2.45, 2.75) is 54.9 Å². The van der Waals surface area contributed by atoms with Gasteiger partial charge in [-0.3, -0.25) is 0 Å². The second-order valence-electron chi connectivity index (χ2n) is 8.21. The Hall–Kier alpha value is -1.49. The summed E-state index contributed by atoms with van der Waals surface area (Å²) in [7, 11) is 1.70. The van der Waals surface area contributed by atoms with Crippen LogP contribution in [0, 0.1) is 17.8 Å². The first kappa shape index (κ1) is 15.7. The number of thioether (sulfide) groups is 1. The van der Waals surface area contributed by atoms with Gasteiger partial charge in [-0.25, -0.2) is 0 Å². The Labute approximate surface area is 152 Å². The highest BCUT2D eigenvalue weighted by atomic mass is 32.2. The Morgan fingerprint density at radius 3 is 2.52 bits per heavy atom. The zero-order chi connectivity index (χ0) is 16.9. The average Bonchev–Trinajstić information content (AvgIpc) is 3.09. The van der Waals surface area contributed by atoms with Crippen LogP contribution in [0.1, 0.15) is 50.0 Å². The summed E-state index contributed by atoms with van der Waals surface area (Å²) in [6.07, 6.45) is 8.10. The summed E-state index contributed by atoms with van der Waals surface area (Å²) >= 11 is 1.62. The van der Waals surface area contributed by atoms with E-state index in [1.807, 2.05) is 12.1 Å². The van der Waals surface area contributed by atoms with Crippen molar-refractivity contribution >= 4 is 11.8 Å². The molecule has 2 aromatic rings. The summed E-state index contributed by atoms with van der Waals surface area (Å²) in [6.45, 7) is 0. The Kier molecular flexibility index (Phi) is 3.81. The molecule has 0 atom stereocenters. The van der Waals surface area contributed by atoms with Crippen LogP contribution in [0.4, 0.5) is 0 Å². The van der Waals surface area contributed by atoms with Crippen molar-refractivity contribution in [1.29, 1.82) is 0 Å². The molecule has 4 aliphatic carbocycles. The van der Waals surface area contributed by atoms with Crippen molar-refractivity contribution < 1.29 is 9.15 Å². The van der Waals surface area contributed by atoms with Gasteiger partial charge in [0.2, 0.25) is 5.89 Å². The van der Waals surface area contributed by atoms with Crippen LogP contribution in [0.2, 0.25) is 0 Å². The maximum atomic E-state index is 6.16. The van der Waals surface area contributed by atoms with E-state index in [9.17, 15) is 0 Å². The van der Waals surface area contributed by atoms with Crippen molar-refractivity contribution in [3.63, 3.8) is 0 Å². The molecule has 0 unspecified atom stereocenters. The quantitative estimate of drug-likeness (QED) is 0.718. The zero-order valence-electron chi connectivity index (χ0n) is 14.6. The van der Waals surface area contributed by atoms with Crippen LogP contribution in [0.15, 0.2) is 33.9 Å². The predicted octanol–water partition coefficient (Wildman–Crippen LogP) is 4.84. The largest absolute Gasteiger partial charge is 0.497 e. The van der Waals surface area contributed by atoms with Crippen LogP contribution < -0.4 is 4.74 Å². The molecule has 0 amide bonds. The monoisotopic (exact) mass is 356 g/mol. The van der Waals surface area contributed by atoms with Gasteiger partial charge in [-0.05, 0) is 74.0 Å². The molecular weight excluding hydrogens is 332 g/mol. The minimum absolute atomic E-state index is 0.191. The number of benzene rings is 1. The van der Waals surface area contributed by atoms with E-state index < -0.39 is 0 Å². The highest BCUT2D eigenvalue weighted by Crippen LogP contribution is 2.60. The van der Waals surface area contributed by atoms with Crippen molar-refractivity contribution in [3.8, 4) is 5.75 Å². The number of hydrogen-bond acceptors (Lipinski definition) is 5. The highest BCUT2D eigenvalue weighted by Gasteiger charge is 2.54. The van der Waals surface area contributed by atoms with Gasteiger partial charge in [0.15, 0.2) is 0 Å². The molecule has 4 aliphatic rings. The number of aromatic nitrogens is 2. The second kappa shape index (κ2) is 6.04. The molecule has 25 heavy (non-hydrogen) atoms. The van der Waals surface area contributed by atoms with Crippen LogP contribution in [0.3, 0.4) is 0 Å². The van der Waals surface area contributed by atoms with Crippen LogP contribution in [-0.4, -0.2) is 17.3 Å². The Balaban J connectivity index is 1.30. The van der Waals surface area contributed by atoms with Gasteiger partial charge in [0.25, 0.3) is 5.22 Å². The third-order valence-electron chi connectivity index (χ3n) is 6.39. The maximum absolute atomic E-state index is 6.16. The molecule has 0 aliphatic heterocycles. The first-order valence-corrected chi connectivity index (χ1v) is 10.3. The van der Waals surface area contributed by atoms with E-state index in [0.29, 0.717) is 5.22 Å². The Morgan fingerprint density at radius 1 is 1.12 bits per heavy atom. The highest BCUT2D eigenvalue weighted by molar-refractivity contribution is 7.98. The van der Waals surface area contributed by atoms with Gasteiger partial charge >= 0.3 is 0 Å². The molecular formula is C20H24N2O2S. The first-order chi connectivity index (χ1) is 12.2. The molecule has 4 nitrogen and oxygen atoms in total. The third kappa shape index (κ3) is 2.86. The minimum atomic E-state index is 0.191. The molecule has 1 heterocycles. The van der Waals surface area contributed by atoms with E-state index in [1.54, 1.807) is 18.9 Å². The number of ether oxygens (including phenoxy) is 1. The van der Waals surface area contributed by atoms with Gasteiger partial charge < -0.3 is 9.15 Å². The van der Waals surface area contributed by atoms with Crippen molar-refractivity contribution in [3.05, 3.63) is 35.7 Å².